The number of aliphatic carboxylic acids is 1. The third-order valence-electron chi connectivity index (χ3n) is 6.67. The predicted molar refractivity (Wildman–Crippen MR) is 181 cm³/mol. The van der Waals surface area contributed by atoms with Crippen molar-refractivity contribution < 1.29 is 51.6 Å². The van der Waals surface area contributed by atoms with Gasteiger partial charge < -0.3 is 39.4 Å². The van der Waals surface area contributed by atoms with Gasteiger partial charge in [-0.2, -0.15) is 0 Å². The van der Waals surface area contributed by atoms with Gasteiger partial charge in [-0.05, 0) is 41.8 Å². The van der Waals surface area contributed by atoms with Crippen LogP contribution in [0, 0.1) is 0 Å². The number of carboxylic acid groups (broad SMARTS) is 1. The fourth-order valence-electron chi connectivity index (χ4n) is 4.04. The summed E-state index contributed by atoms with van der Waals surface area (Å²) in [5.74, 6) is -1.51. The predicted octanol–water partition coefficient (Wildman–Crippen LogP) is 1.46. The lowest BCUT2D eigenvalue weighted by atomic mass is 10.1. The molecule has 0 saturated carbocycles. The van der Waals surface area contributed by atoms with E-state index in [1.165, 1.54) is 30.1 Å². The number of ether oxygens (including phenoxy) is 5. The highest BCUT2D eigenvalue weighted by atomic mass is 32.2. The molecule has 1 heterocycles. The highest BCUT2D eigenvalue weighted by Gasteiger charge is 2.16. The molecule has 0 spiro atoms. The van der Waals surface area contributed by atoms with E-state index in [0.717, 1.165) is 18.4 Å². The number of hydrogen-bond donors (Lipinski definition) is 4. The molecule has 272 valence electrons. The summed E-state index contributed by atoms with van der Waals surface area (Å²) in [6, 6.07) is 14.3. The van der Waals surface area contributed by atoms with Crippen molar-refractivity contribution in [2.75, 3.05) is 77.3 Å². The van der Waals surface area contributed by atoms with E-state index in [4.69, 9.17) is 28.8 Å². The van der Waals surface area contributed by atoms with Gasteiger partial charge in [0.05, 0.1) is 56.7 Å². The molecule has 50 heavy (non-hydrogen) atoms. The molecule has 16 nitrogen and oxygen atoms in total. The maximum atomic E-state index is 12.8. The molecule has 17 heteroatoms. The second-order valence-corrected chi connectivity index (χ2v) is 12.2. The van der Waals surface area contributed by atoms with Gasteiger partial charge in [-0.3, -0.25) is 9.59 Å². The Bertz CT molecular complexity index is 1570. The zero-order valence-electron chi connectivity index (χ0n) is 27.8. The van der Waals surface area contributed by atoms with E-state index in [0.29, 0.717) is 12.4 Å². The van der Waals surface area contributed by atoms with Crippen LogP contribution in [0.3, 0.4) is 0 Å². The molecule has 3 aromatic rings. The van der Waals surface area contributed by atoms with Gasteiger partial charge in [-0.1, -0.05) is 31.2 Å². The van der Waals surface area contributed by atoms with E-state index < -0.39 is 21.9 Å². The van der Waals surface area contributed by atoms with Gasteiger partial charge >= 0.3 is 5.97 Å². The average Bonchev–Trinajstić information content (AvgIpc) is 3.11. The maximum absolute atomic E-state index is 12.8. The number of hydrogen-bond acceptors (Lipinski definition) is 12. The number of amides is 2. The Morgan fingerprint density at radius 3 is 1.92 bits per heavy atom. The van der Waals surface area contributed by atoms with Crippen LogP contribution in [0.2, 0.25) is 0 Å². The van der Waals surface area contributed by atoms with Crippen LogP contribution in [0.1, 0.15) is 28.4 Å². The Morgan fingerprint density at radius 2 is 1.30 bits per heavy atom. The van der Waals surface area contributed by atoms with Crippen LogP contribution in [0.5, 0.6) is 5.75 Å². The van der Waals surface area contributed by atoms with Crippen molar-refractivity contribution in [3.63, 3.8) is 0 Å². The number of nitrogens with one attached hydrogen (secondary N) is 3. The monoisotopic (exact) mass is 717 g/mol. The van der Waals surface area contributed by atoms with E-state index >= 15 is 0 Å². The molecule has 0 radical (unpaired) electrons. The number of sulfonamides is 1. The number of nitrogens with zero attached hydrogens (tertiary/aromatic N) is 2. The number of carbonyl (C=O) groups is 3. The van der Waals surface area contributed by atoms with Gasteiger partial charge in [0, 0.05) is 31.9 Å². The Hall–Kier alpha value is -4.68. The van der Waals surface area contributed by atoms with Gasteiger partial charge in [0.15, 0.2) is 0 Å². The van der Waals surface area contributed by atoms with E-state index in [-0.39, 0.29) is 88.3 Å². The fraction of sp³-hybridized carbons (Fsp3) is 0.424. The van der Waals surface area contributed by atoms with Crippen molar-refractivity contribution in [1.82, 2.24) is 20.6 Å². The van der Waals surface area contributed by atoms with Crippen LogP contribution in [0.25, 0.3) is 0 Å². The van der Waals surface area contributed by atoms with Crippen molar-refractivity contribution in [2.45, 2.75) is 24.7 Å². The molecule has 0 aliphatic rings. The minimum Gasteiger partial charge on any atom is -0.493 e. The van der Waals surface area contributed by atoms with Gasteiger partial charge in [0.1, 0.15) is 19.0 Å². The zero-order valence-corrected chi connectivity index (χ0v) is 28.6. The largest absolute Gasteiger partial charge is 0.493 e. The molecule has 2 amide bonds. The van der Waals surface area contributed by atoms with Crippen LogP contribution >= 0.6 is 0 Å². The summed E-state index contributed by atoms with van der Waals surface area (Å²) < 4.78 is 54.3. The molecular weight excluding hydrogens is 674 g/mol. The Morgan fingerprint density at radius 1 is 0.720 bits per heavy atom. The molecule has 2 aromatic carbocycles. The van der Waals surface area contributed by atoms with Crippen LogP contribution < -0.4 is 20.1 Å². The standard InChI is InChI=1S/C33H43N5O11S/c1-2-25-3-5-26(6-4-25)11-14-49-28-7-9-29(10-8-28)50(43,44)38-33-36-21-27(22-37-33)32(42)35-13-16-46-17-19-47-23-30(39)34-12-15-45-18-20-48-24-31(40)41/h3-10,21-22H,2,11-20,23-24H2,1H3,(H,34,39)(H,35,42)(H,40,41)(H,36,37,38). The number of carboxylic acids is 1. The number of rotatable bonds is 25. The molecular formula is C33H43N5O11S. The lowest BCUT2D eigenvalue weighted by Crippen LogP contribution is -2.31. The number of benzene rings is 2. The molecule has 0 saturated heterocycles. The third kappa shape index (κ3) is 15.7. The van der Waals surface area contributed by atoms with Gasteiger partial charge in [0.25, 0.3) is 15.9 Å². The summed E-state index contributed by atoms with van der Waals surface area (Å²) in [5, 5.41) is 13.7. The maximum Gasteiger partial charge on any atom is 0.329 e. The summed E-state index contributed by atoms with van der Waals surface area (Å²) in [6.07, 6.45) is 4.12. The molecule has 0 aliphatic heterocycles. The average molecular weight is 718 g/mol. The lowest BCUT2D eigenvalue weighted by molar-refractivity contribution is -0.142. The summed E-state index contributed by atoms with van der Waals surface area (Å²) in [5.41, 5.74) is 2.56. The molecule has 1 aromatic heterocycles. The summed E-state index contributed by atoms with van der Waals surface area (Å²) in [4.78, 5) is 42.3. The van der Waals surface area contributed by atoms with Gasteiger partial charge in [-0.25, -0.2) is 27.9 Å². The molecule has 0 unspecified atom stereocenters. The van der Waals surface area contributed by atoms with E-state index in [9.17, 15) is 22.8 Å². The van der Waals surface area contributed by atoms with Crippen molar-refractivity contribution in [2.24, 2.45) is 0 Å². The van der Waals surface area contributed by atoms with E-state index in [1.807, 2.05) is 0 Å². The van der Waals surface area contributed by atoms with Gasteiger partial charge in [-0.15, -0.1) is 0 Å². The molecule has 0 aliphatic carbocycles. The first-order chi connectivity index (χ1) is 24.2. The Kier molecular flexibility index (Phi) is 17.6. The third-order valence-corrected chi connectivity index (χ3v) is 8.01. The second kappa shape index (κ2) is 22.1. The second-order valence-electron chi connectivity index (χ2n) is 10.5. The quantitative estimate of drug-likeness (QED) is 0.0915. The summed E-state index contributed by atoms with van der Waals surface area (Å²) >= 11 is 0. The van der Waals surface area contributed by atoms with Crippen molar-refractivity contribution in [3.05, 3.63) is 77.6 Å². The molecule has 4 N–H and O–H groups in total. The molecule has 0 fully saturated rings. The summed E-state index contributed by atoms with van der Waals surface area (Å²) in [7, 11) is -3.98. The van der Waals surface area contributed by atoms with Crippen LogP contribution in [0.4, 0.5) is 5.95 Å². The zero-order chi connectivity index (χ0) is 36.0. The van der Waals surface area contributed by atoms with Crippen LogP contribution in [0.15, 0.2) is 65.8 Å². The SMILES string of the molecule is CCc1ccc(CCOc2ccc(S(=O)(=O)Nc3ncc(C(=O)NCCOCCOCC(=O)NCCOCCOCC(=O)O)cn3)cc2)cc1. The molecule has 0 atom stereocenters. The van der Waals surface area contributed by atoms with Gasteiger partial charge in [0.2, 0.25) is 11.9 Å². The number of anilines is 1. The smallest absolute Gasteiger partial charge is 0.329 e. The topological polar surface area (TPSA) is 214 Å². The molecule has 0 bridgehead atoms. The normalized spacial score (nSPS) is 11.1. The van der Waals surface area contributed by atoms with E-state index in [2.05, 4.69) is 56.5 Å². The van der Waals surface area contributed by atoms with Crippen molar-refractivity contribution in [1.29, 1.82) is 0 Å². The first-order valence-corrected chi connectivity index (χ1v) is 17.4. The van der Waals surface area contributed by atoms with Crippen LogP contribution in [-0.4, -0.2) is 114 Å². The highest BCUT2D eigenvalue weighted by Crippen LogP contribution is 2.18. The first kappa shape index (κ1) is 39.8. The summed E-state index contributed by atoms with van der Waals surface area (Å²) in [6.45, 7) is 3.60. The Labute approximate surface area is 290 Å². The van der Waals surface area contributed by atoms with Crippen molar-refractivity contribution >= 4 is 33.8 Å². The fourth-order valence-corrected chi connectivity index (χ4v) is 5.00. The van der Waals surface area contributed by atoms with Crippen molar-refractivity contribution in [3.8, 4) is 5.75 Å². The number of aromatic nitrogens is 2. The van der Waals surface area contributed by atoms with E-state index in [1.54, 1.807) is 12.1 Å². The number of aryl methyl sites for hydroxylation is 1. The minimum absolute atomic E-state index is 0.000140. The molecule has 3 rings (SSSR count). The van der Waals surface area contributed by atoms with Crippen LogP contribution in [-0.2, 0) is 51.4 Å². The highest BCUT2D eigenvalue weighted by molar-refractivity contribution is 7.92. The lowest BCUT2D eigenvalue weighted by Gasteiger charge is -2.10. The minimum atomic E-state index is -3.98. The Balaban J connectivity index is 1.24. The number of carbonyl (C=O) groups excluding carboxylic acids is 2. The first-order valence-electron chi connectivity index (χ1n) is 15.9.